The van der Waals surface area contributed by atoms with E-state index in [1.165, 1.54) is 0 Å². The molecule has 0 aromatic carbocycles. The largest absolute Gasteiger partial charge is 0.232 e. The molecule has 0 bridgehead atoms. The van der Waals surface area contributed by atoms with Crippen LogP contribution in [0, 0.1) is 0 Å². The van der Waals surface area contributed by atoms with E-state index in [4.69, 9.17) is 0 Å². The van der Waals surface area contributed by atoms with Gasteiger partial charge in [0.25, 0.3) is 0 Å². The maximum absolute atomic E-state index is 10.4. The Kier molecular flexibility index (Phi) is 4.88. The molecule has 0 aromatic heterocycles. The van der Waals surface area contributed by atoms with Crippen molar-refractivity contribution in [2.24, 2.45) is 0 Å². The minimum absolute atomic E-state index is 0.384. The highest BCUT2D eigenvalue weighted by Gasteiger charge is 1.98. The molecule has 1 atom stereocenters. The van der Waals surface area contributed by atoms with Crippen LogP contribution in [0.4, 0.5) is 0 Å². The van der Waals surface area contributed by atoms with Gasteiger partial charge < -0.3 is 0 Å². The van der Waals surface area contributed by atoms with Crippen molar-refractivity contribution in [3.63, 3.8) is 0 Å². The van der Waals surface area contributed by atoms with Gasteiger partial charge in [-0.2, -0.15) is 0 Å². The first-order valence-corrected chi connectivity index (χ1v) is 3.65. The summed E-state index contributed by atoms with van der Waals surface area (Å²) in [6, 6.07) is 0. The Morgan fingerprint density at radius 3 is 2.43 bits per heavy atom. The van der Waals surface area contributed by atoms with Crippen LogP contribution in [0.1, 0.15) is 19.8 Å². The van der Waals surface area contributed by atoms with Gasteiger partial charge in [0.15, 0.2) is 0 Å². The molecule has 7 heavy (non-hydrogen) atoms. The van der Waals surface area contributed by atoms with Gasteiger partial charge in [0.2, 0.25) is 0 Å². The molecular weight excluding hydrogens is 156 g/mol. The second kappa shape index (κ2) is 4.60. The maximum atomic E-state index is 10.4. The second-order valence-electron chi connectivity index (χ2n) is 1.56. The molecule has 0 heterocycles. The molecule has 1 radical (unpaired) electrons. The van der Waals surface area contributed by atoms with Gasteiger partial charge in [-0.05, 0) is 6.42 Å². The lowest BCUT2D eigenvalue weighted by atomic mass is 10.2. The molecule has 0 saturated heterocycles. The van der Waals surface area contributed by atoms with E-state index >= 15 is 0 Å². The van der Waals surface area contributed by atoms with Gasteiger partial charge >= 0.3 is 0 Å². The smallest absolute Gasteiger partial charge is 0.103 e. The number of hydrogen-bond acceptors (Lipinski definition) is 0. The first kappa shape index (κ1) is 7.44. The van der Waals surface area contributed by atoms with Gasteiger partial charge in [-0.15, -0.1) is 0 Å². The average Bonchev–Trinajstić information content (AvgIpc) is 1.68. The summed E-state index contributed by atoms with van der Waals surface area (Å²) in [7, 11) is 0. The lowest BCUT2D eigenvalue weighted by Crippen LogP contribution is -2.03. The third-order valence-electron chi connectivity index (χ3n) is 0.783. The van der Waals surface area contributed by atoms with Crippen molar-refractivity contribution in [1.29, 1.82) is 0 Å². The highest BCUT2D eigenvalue weighted by molar-refractivity contribution is 9.09. The van der Waals surface area contributed by atoms with Crippen LogP contribution in [0.5, 0.6) is 0 Å². The van der Waals surface area contributed by atoms with E-state index in [-0.39, 0.29) is 6.10 Å². The normalized spacial score (nSPS) is 14.1. The highest BCUT2D eigenvalue weighted by atomic mass is 79.9. The molecule has 43 valence electrons. The summed E-state index contributed by atoms with van der Waals surface area (Å²) in [5.74, 6) is 0. The fourth-order valence-electron chi connectivity index (χ4n) is 0.399. The van der Waals surface area contributed by atoms with E-state index in [1.54, 1.807) is 0 Å². The molecule has 1 nitrogen and oxygen atoms in total. The summed E-state index contributed by atoms with van der Waals surface area (Å²) < 4.78 is 0. The minimum atomic E-state index is -0.384. The minimum Gasteiger partial charge on any atom is -0.232 e. The number of rotatable bonds is 3. The topological polar surface area (TPSA) is 19.9 Å². The maximum Gasteiger partial charge on any atom is 0.103 e. The zero-order valence-corrected chi connectivity index (χ0v) is 6.07. The van der Waals surface area contributed by atoms with E-state index in [1.807, 2.05) is 6.92 Å². The molecule has 0 saturated carbocycles. The predicted octanol–water partition coefficient (Wildman–Crippen LogP) is 1.98. The van der Waals surface area contributed by atoms with Crippen LogP contribution >= 0.6 is 15.9 Å². The zero-order valence-electron chi connectivity index (χ0n) is 4.48. The van der Waals surface area contributed by atoms with Crippen molar-refractivity contribution >= 4 is 15.9 Å². The number of hydrogen-bond donors (Lipinski definition) is 0. The zero-order chi connectivity index (χ0) is 5.70. The van der Waals surface area contributed by atoms with Crippen LogP contribution in [0.25, 0.3) is 0 Å². The molecule has 0 spiro atoms. The molecule has 0 amide bonds. The Labute approximate surface area is 52.9 Å². The van der Waals surface area contributed by atoms with Gasteiger partial charge in [-0.3, -0.25) is 0 Å². The van der Waals surface area contributed by atoms with E-state index in [0.29, 0.717) is 5.33 Å². The van der Waals surface area contributed by atoms with Crippen LogP contribution in [-0.4, -0.2) is 11.4 Å². The summed E-state index contributed by atoms with van der Waals surface area (Å²) in [5.41, 5.74) is 0. The predicted molar refractivity (Wildman–Crippen MR) is 33.2 cm³/mol. The summed E-state index contributed by atoms with van der Waals surface area (Å²) in [6.07, 6.45) is 1.41. The van der Waals surface area contributed by atoms with Crippen molar-refractivity contribution in [3.8, 4) is 0 Å². The summed E-state index contributed by atoms with van der Waals surface area (Å²) in [4.78, 5) is 0. The Balaban J connectivity index is 2.83. The van der Waals surface area contributed by atoms with Gasteiger partial charge in [-0.1, -0.05) is 29.3 Å². The molecule has 0 N–H and O–H groups in total. The van der Waals surface area contributed by atoms with Gasteiger partial charge in [0.05, 0.1) is 0 Å². The Bertz CT molecular complexity index is 39.1. The van der Waals surface area contributed by atoms with Crippen LogP contribution in [0.15, 0.2) is 0 Å². The number of alkyl halides is 1. The van der Waals surface area contributed by atoms with E-state index in [0.717, 1.165) is 12.8 Å². The lowest BCUT2D eigenvalue weighted by Gasteiger charge is -1.97. The Morgan fingerprint density at radius 1 is 1.71 bits per heavy atom. The van der Waals surface area contributed by atoms with Crippen molar-refractivity contribution in [1.82, 2.24) is 0 Å². The quantitative estimate of drug-likeness (QED) is 0.571. The average molecular weight is 166 g/mol. The van der Waals surface area contributed by atoms with E-state index in [2.05, 4.69) is 15.9 Å². The molecule has 2 heteroatoms. The third-order valence-corrected chi connectivity index (χ3v) is 1.50. The molecule has 0 aliphatic rings. The van der Waals surface area contributed by atoms with E-state index in [9.17, 15) is 5.11 Å². The standard InChI is InChI=1S/C5H10BrO/c1-2-3-5(7)4-6/h5H,2-4H2,1H3. The monoisotopic (exact) mass is 165 g/mol. The molecule has 1 unspecified atom stereocenters. The Hall–Kier alpha value is 0.440. The molecule has 0 rings (SSSR count). The molecule has 0 aliphatic heterocycles. The molecule has 0 aliphatic carbocycles. The van der Waals surface area contributed by atoms with Gasteiger partial charge in [0, 0.05) is 5.33 Å². The van der Waals surface area contributed by atoms with Crippen molar-refractivity contribution in [2.45, 2.75) is 25.9 Å². The molecule has 0 aromatic rings. The molecular formula is C5H10BrO. The summed E-state index contributed by atoms with van der Waals surface area (Å²) in [5, 5.41) is 11.0. The third kappa shape index (κ3) is 4.29. The highest BCUT2D eigenvalue weighted by Crippen LogP contribution is 1.98. The second-order valence-corrected chi connectivity index (χ2v) is 2.21. The van der Waals surface area contributed by atoms with Crippen LogP contribution < -0.4 is 0 Å². The van der Waals surface area contributed by atoms with E-state index < -0.39 is 0 Å². The van der Waals surface area contributed by atoms with Crippen molar-refractivity contribution in [3.05, 3.63) is 0 Å². The van der Waals surface area contributed by atoms with Gasteiger partial charge in [-0.25, -0.2) is 5.11 Å². The summed E-state index contributed by atoms with van der Waals surface area (Å²) >= 11 is 3.10. The number of halogens is 1. The van der Waals surface area contributed by atoms with Crippen molar-refractivity contribution in [2.75, 3.05) is 5.33 Å². The first-order valence-electron chi connectivity index (χ1n) is 2.53. The van der Waals surface area contributed by atoms with Crippen LogP contribution in [-0.2, 0) is 5.11 Å². The first-order chi connectivity index (χ1) is 3.31. The van der Waals surface area contributed by atoms with Crippen molar-refractivity contribution < 1.29 is 5.11 Å². The van der Waals surface area contributed by atoms with Crippen LogP contribution in [0.3, 0.4) is 0 Å². The lowest BCUT2D eigenvalue weighted by molar-refractivity contribution is 0.102. The van der Waals surface area contributed by atoms with Crippen LogP contribution in [0.2, 0.25) is 0 Å². The van der Waals surface area contributed by atoms with Gasteiger partial charge in [0.1, 0.15) is 6.10 Å². The Morgan fingerprint density at radius 2 is 2.29 bits per heavy atom. The summed E-state index contributed by atoms with van der Waals surface area (Å²) in [6.45, 7) is 2.02. The fourth-order valence-corrected chi connectivity index (χ4v) is 0.723. The fraction of sp³-hybridized carbons (Fsp3) is 1.00. The molecule has 0 fully saturated rings. The SMILES string of the molecule is CCCC([O])CBr.